The molecule has 0 N–H and O–H groups in total. The van der Waals surface area contributed by atoms with Crippen LogP contribution in [0.3, 0.4) is 0 Å². The summed E-state index contributed by atoms with van der Waals surface area (Å²) in [5, 5.41) is 1.66. The SMILES string of the molecule is CN(c1ncnc2ccc(Cl)cc12)C1CN(c2cnccn2)C1. The van der Waals surface area contributed by atoms with Crippen molar-refractivity contribution in [2.75, 3.05) is 29.9 Å². The van der Waals surface area contributed by atoms with Crippen molar-refractivity contribution in [3.05, 3.63) is 48.1 Å². The van der Waals surface area contributed by atoms with Gasteiger partial charge in [-0.2, -0.15) is 0 Å². The third-order valence-electron chi connectivity index (χ3n) is 4.19. The van der Waals surface area contributed by atoms with Gasteiger partial charge in [-0.1, -0.05) is 11.6 Å². The summed E-state index contributed by atoms with van der Waals surface area (Å²) in [7, 11) is 2.06. The molecule has 1 aliphatic rings. The number of rotatable bonds is 3. The molecule has 1 fully saturated rings. The molecule has 0 saturated carbocycles. The third-order valence-corrected chi connectivity index (χ3v) is 4.43. The van der Waals surface area contributed by atoms with Crippen molar-refractivity contribution < 1.29 is 0 Å². The summed E-state index contributed by atoms with van der Waals surface area (Å²) >= 11 is 6.13. The van der Waals surface area contributed by atoms with Gasteiger partial charge in [0.05, 0.1) is 17.8 Å². The number of benzene rings is 1. The number of hydrogen-bond donors (Lipinski definition) is 0. The van der Waals surface area contributed by atoms with Gasteiger partial charge in [-0.25, -0.2) is 15.0 Å². The second-order valence-corrected chi connectivity index (χ2v) is 6.03. The van der Waals surface area contributed by atoms with Crippen molar-refractivity contribution in [2.24, 2.45) is 0 Å². The number of aromatic nitrogens is 4. The first kappa shape index (κ1) is 14.1. The van der Waals surface area contributed by atoms with Gasteiger partial charge in [0.15, 0.2) is 0 Å². The van der Waals surface area contributed by atoms with Crippen LogP contribution in [-0.4, -0.2) is 46.1 Å². The molecule has 0 spiro atoms. The van der Waals surface area contributed by atoms with Crippen LogP contribution in [0, 0.1) is 0 Å². The lowest BCUT2D eigenvalue weighted by Gasteiger charge is -2.45. The van der Waals surface area contributed by atoms with Gasteiger partial charge < -0.3 is 9.80 Å². The highest BCUT2D eigenvalue weighted by Crippen LogP contribution is 2.29. The first-order valence-corrected chi connectivity index (χ1v) is 7.74. The fourth-order valence-electron chi connectivity index (χ4n) is 2.81. The molecule has 23 heavy (non-hydrogen) atoms. The Hall–Kier alpha value is -2.47. The van der Waals surface area contributed by atoms with E-state index in [1.807, 2.05) is 18.2 Å². The Bertz CT molecular complexity index is 834. The van der Waals surface area contributed by atoms with Gasteiger partial charge in [-0.05, 0) is 18.2 Å². The smallest absolute Gasteiger partial charge is 0.147 e. The van der Waals surface area contributed by atoms with E-state index in [4.69, 9.17) is 11.6 Å². The summed E-state index contributed by atoms with van der Waals surface area (Å²) in [6.45, 7) is 1.78. The van der Waals surface area contributed by atoms with Crippen molar-refractivity contribution in [3.8, 4) is 0 Å². The Balaban J connectivity index is 1.57. The number of fused-ring (bicyclic) bond motifs is 1. The predicted octanol–water partition coefficient (Wildman–Crippen LogP) is 2.40. The average Bonchev–Trinajstić information content (AvgIpc) is 2.53. The topological polar surface area (TPSA) is 58.0 Å². The van der Waals surface area contributed by atoms with E-state index < -0.39 is 0 Å². The molecule has 0 amide bonds. The van der Waals surface area contributed by atoms with Gasteiger partial charge in [0.2, 0.25) is 0 Å². The minimum atomic E-state index is 0.370. The normalized spacial score (nSPS) is 14.8. The molecule has 0 unspecified atom stereocenters. The van der Waals surface area contributed by atoms with Gasteiger partial charge in [0.25, 0.3) is 0 Å². The maximum Gasteiger partial charge on any atom is 0.147 e. The second-order valence-electron chi connectivity index (χ2n) is 5.59. The molecule has 3 heterocycles. The van der Waals surface area contributed by atoms with Gasteiger partial charge in [0.1, 0.15) is 18.0 Å². The van der Waals surface area contributed by atoms with Gasteiger partial charge in [-0.3, -0.25) is 4.98 Å². The number of halogens is 1. The molecule has 0 atom stereocenters. The molecule has 6 nitrogen and oxygen atoms in total. The molecule has 3 aromatic rings. The fourth-order valence-corrected chi connectivity index (χ4v) is 2.98. The molecule has 1 aliphatic heterocycles. The van der Waals surface area contributed by atoms with E-state index in [0.717, 1.165) is 35.6 Å². The molecule has 0 bridgehead atoms. The van der Waals surface area contributed by atoms with E-state index in [9.17, 15) is 0 Å². The summed E-state index contributed by atoms with van der Waals surface area (Å²) in [6.07, 6.45) is 6.78. The standard InChI is InChI=1S/C16H15ClN6/c1-22(12-8-23(9-12)15-7-18-4-5-19-15)16-13-6-11(17)2-3-14(13)20-10-21-16/h2-7,10,12H,8-9H2,1H3. The second kappa shape index (κ2) is 5.62. The number of nitrogens with zero attached hydrogens (tertiary/aromatic N) is 6. The van der Waals surface area contributed by atoms with E-state index in [1.165, 1.54) is 0 Å². The lowest BCUT2D eigenvalue weighted by molar-refractivity contribution is 0.490. The van der Waals surface area contributed by atoms with Crippen LogP contribution in [0.1, 0.15) is 0 Å². The highest BCUT2D eigenvalue weighted by molar-refractivity contribution is 6.31. The number of likely N-dealkylation sites (N-methyl/N-ethyl adjacent to an activating group) is 1. The van der Waals surface area contributed by atoms with Crippen LogP contribution < -0.4 is 9.80 Å². The largest absolute Gasteiger partial charge is 0.353 e. The average molecular weight is 327 g/mol. The summed E-state index contributed by atoms with van der Waals surface area (Å²) in [4.78, 5) is 21.6. The van der Waals surface area contributed by atoms with E-state index >= 15 is 0 Å². The predicted molar refractivity (Wildman–Crippen MR) is 91.0 cm³/mol. The maximum atomic E-state index is 6.13. The lowest BCUT2D eigenvalue weighted by Crippen LogP contribution is -2.59. The Morgan fingerprint density at radius 1 is 1.17 bits per heavy atom. The van der Waals surface area contributed by atoms with Crippen molar-refractivity contribution in [1.29, 1.82) is 0 Å². The van der Waals surface area contributed by atoms with Gasteiger partial charge >= 0.3 is 0 Å². The third kappa shape index (κ3) is 2.55. The first-order chi connectivity index (χ1) is 11.2. The molecule has 116 valence electrons. The first-order valence-electron chi connectivity index (χ1n) is 7.36. The fraction of sp³-hybridized carbons (Fsp3) is 0.250. The minimum absolute atomic E-state index is 0.370. The molecular weight excluding hydrogens is 312 g/mol. The molecule has 1 saturated heterocycles. The summed E-state index contributed by atoms with van der Waals surface area (Å²) < 4.78 is 0. The molecule has 7 heteroatoms. The monoisotopic (exact) mass is 326 g/mol. The van der Waals surface area contributed by atoms with Gasteiger partial charge in [0, 0.05) is 42.9 Å². The number of anilines is 2. The van der Waals surface area contributed by atoms with E-state index in [1.54, 1.807) is 24.9 Å². The molecule has 0 aliphatic carbocycles. The molecule has 0 radical (unpaired) electrons. The molecule has 2 aromatic heterocycles. The van der Waals surface area contributed by atoms with Crippen LogP contribution in [0.5, 0.6) is 0 Å². The Labute approximate surface area is 138 Å². The zero-order chi connectivity index (χ0) is 15.8. The van der Waals surface area contributed by atoms with Gasteiger partial charge in [-0.15, -0.1) is 0 Å². The molecular formula is C16H15ClN6. The Morgan fingerprint density at radius 2 is 2.04 bits per heavy atom. The van der Waals surface area contributed by atoms with Crippen LogP contribution >= 0.6 is 11.6 Å². The molecule has 1 aromatic carbocycles. The lowest BCUT2D eigenvalue weighted by atomic mass is 10.1. The quantitative estimate of drug-likeness (QED) is 0.736. The van der Waals surface area contributed by atoms with Crippen molar-refractivity contribution in [2.45, 2.75) is 6.04 Å². The van der Waals surface area contributed by atoms with Crippen molar-refractivity contribution >= 4 is 34.1 Å². The van der Waals surface area contributed by atoms with Crippen molar-refractivity contribution in [1.82, 2.24) is 19.9 Å². The van der Waals surface area contributed by atoms with Crippen LogP contribution in [0.4, 0.5) is 11.6 Å². The van der Waals surface area contributed by atoms with Crippen molar-refractivity contribution in [3.63, 3.8) is 0 Å². The minimum Gasteiger partial charge on any atom is -0.353 e. The summed E-state index contributed by atoms with van der Waals surface area (Å²) in [5.74, 6) is 1.81. The zero-order valence-corrected chi connectivity index (χ0v) is 13.4. The highest BCUT2D eigenvalue weighted by atomic mass is 35.5. The molecule has 4 rings (SSSR count). The van der Waals surface area contributed by atoms with Crippen LogP contribution in [-0.2, 0) is 0 Å². The highest BCUT2D eigenvalue weighted by Gasteiger charge is 2.32. The van der Waals surface area contributed by atoms with Crippen LogP contribution in [0.15, 0.2) is 43.1 Å². The Kier molecular flexibility index (Phi) is 3.46. The van der Waals surface area contributed by atoms with E-state index in [0.29, 0.717) is 11.1 Å². The van der Waals surface area contributed by atoms with E-state index in [-0.39, 0.29) is 0 Å². The van der Waals surface area contributed by atoms with Crippen LogP contribution in [0.25, 0.3) is 10.9 Å². The Morgan fingerprint density at radius 3 is 2.83 bits per heavy atom. The van der Waals surface area contributed by atoms with E-state index in [2.05, 4.69) is 36.8 Å². The summed E-state index contributed by atoms with van der Waals surface area (Å²) in [5.41, 5.74) is 0.899. The number of hydrogen-bond acceptors (Lipinski definition) is 6. The van der Waals surface area contributed by atoms with Crippen LogP contribution in [0.2, 0.25) is 5.02 Å². The zero-order valence-electron chi connectivity index (χ0n) is 12.6. The maximum absolute atomic E-state index is 6.13. The summed E-state index contributed by atoms with van der Waals surface area (Å²) in [6, 6.07) is 6.06.